The summed E-state index contributed by atoms with van der Waals surface area (Å²) >= 11 is 11.7. The minimum atomic E-state index is 0.631. The van der Waals surface area contributed by atoms with E-state index in [-0.39, 0.29) is 0 Å². The first-order chi connectivity index (χ1) is 9.83. The molecule has 0 unspecified atom stereocenters. The zero-order valence-corrected chi connectivity index (χ0v) is 13.5. The summed E-state index contributed by atoms with van der Waals surface area (Å²) in [4.78, 5) is 4.79. The molecule has 1 aromatic carbocycles. The molecule has 1 heterocycles. The van der Waals surface area contributed by atoms with Crippen LogP contribution in [0.2, 0.25) is 0 Å². The fourth-order valence-corrected chi connectivity index (χ4v) is 3.17. The predicted molar refractivity (Wildman–Crippen MR) is 89.2 cm³/mol. The lowest BCUT2D eigenvalue weighted by Gasteiger charge is -2.27. The van der Waals surface area contributed by atoms with Gasteiger partial charge in [0.15, 0.2) is 0 Å². The van der Waals surface area contributed by atoms with Gasteiger partial charge in [0, 0.05) is 37.1 Å². The predicted octanol–water partition coefficient (Wildman–Crippen LogP) is 3.96. The molecule has 0 radical (unpaired) electrons. The van der Waals surface area contributed by atoms with Gasteiger partial charge in [0.25, 0.3) is 0 Å². The summed E-state index contributed by atoms with van der Waals surface area (Å²) in [5.41, 5.74) is 2.61. The smallest absolute Gasteiger partial charge is 0.0399 e. The van der Waals surface area contributed by atoms with E-state index >= 15 is 0 Å². The zero-order valence-electron chi connectivity index (χ0n) is 12.0. The minimum Gasteiger partial charge on any atom is -0.369 e. The summed E-state index contributed by atoms with van der Waals surface area (Å²) in [6, 6.07) is 8.86. The standard InChI is InChI=1S/C16H24Cl2N2/c17-8-12-20(13-9-18)16-6-4-15(5-7-16)14-19-10-2-1-3-11-19/h4-7H,1-3,8-14H2. The molecule has 0 bridgehead atoms. The molecule has 1 fully saturated rings. The lowest BCUT2D eigenvalue weighted by atomic mass is 10.1. The van der Waals surface area contributed by atoms with Crippen LogP contribution in [0.1, 0.15) is 24.8 Å². The van der Waals surface area contributed by atoms with Crippen LogP contribution in [-0.4, -0.2) is 42.8 Å². The Hall–Kier alpha value is -0.440. The van der Waals surface area contributed by atoms with Gasteiger partial charge in [-0.2, -0.15) is 0 Å². The highest BCUT2D eigenvalue weighted by Gasteiger charge is 2.11. The molecule has 0 N–H and O–H groups in total. The number of halogens is 2. The maximum atomic E-state index is 5.85. The van der Waals surface area contributed by atoms with Crippen LogP contribution in [0.25, 0.3) is 0 Å². The highest BCUT2D eigenvalue weighted by molar-refractivity contribution is 6.18. The molecule has 2 nitrogen and oxygen atoms in total. The summed E-state index contributed by atoms with van der Waals surface area (Å²) in [6.07, 6.45) is 4.08. The van der Waals surface area contributed by atoms with Gasteiger partial charge in [0.05, 0.1) is 0 Å². The number of nitrogens with zero attached hydrogens (tertiary/aromatic N) is 2. The Morgan fingerprint density at radius 3 is 2.05 bits per heavy atom. The number of piperidine rings is 1. The Kier molecular flexibility index (Phi) is 6.98. The van der Waals surface area contributed by atoms with Crippen LogP contribution in [-0.2, 0) is 6.54 Å². The van der Waals surface area contributed by atoms with Crippen LogP contribution in [0, 0.1) is 0 Å². The minimum absolute atomic E-state index is 0.631. The molecule has 0 atom stereocenters. The Balaban J connectivity index is 1.93. The van der Waals surface area contributed by atoms with Crippen LogP contribution in [0.15, 0.2) is 24.3 Å². The molecular formula is C16H24Cl2N2. The van der Waals surface area contributed by atoms with Crippen molar-refractivity contribution in [2.45, 2.75) is 25.8 Å². The molecule has 0 aromatic heterocycles. The molecule has 0 amide bonds. The second kappa shape index (κ2) is 8.76. The van der Waals surface area contributed by atoms with Gasteiger partial charge in [-0.3, -0.25) is 4.90 Å². The van der Waals surface area contributed by atoms with Crippen LogP contribution in [0.4, 0.5) is 5.69 Å². The molecule has 0 aliphatic carbocycles. The summed E-state index contributed by atoms with van der Waals surface area (Å²) in [7, 11) is 0. The summed E-state index contributed by atoms with van der Waals surface area (Å²) in [6.45, 7) is 5.25. The van der Waals surface area contributed by atoms with Gasteiger partial charge in [-0.15, -0.1) is 23.2 Å². The molecule has 2 rings (SSSR count). The van der Waals surface area contributed by atoms with Crippen molar-refractivity contribution in [2.75, 3.05) is 42.8 Å². The Morgan fingerprint density at radius 1 is 0.900 bits per heavy atom. The van der Waals surface area contributed by atoms with E-state index in [0.29, 0.717) is 11.8 Å². The fourth-order valence-electron chi connectivity index (χ4n) is 2.76. The van der Waals surface area contributed by atoms with E-state index < -0.39 is 0 Å². The molecule has 1 aliphatic rings. The lowest BCUT2D eigenvalue weighted by molar-refractivity contribution is 0.221. The van der Waals surface area contributed by atoms with E-state index in [1.165, 1.54) is 43.6 Å². The highest BCUT2D eigenvalue weighted by Crippen LogP contribution is 2.18. The summed E-state index contributed by atoms with van der Waals surface area (Å²) in [5, 5.41) is 0. The third-order valence-electron chi connectivity index (χ3n) is 3.87. The Labute approximate surface area is 132 Å². The second-order valence-electron chi connectivity index (χ2n) is 5.37. The SMILES string of the molecule is ClCCN(CCCl)c1ccc(CN2CCCCC2)cc1. The van der Waals surface area contributed by atoms with E-state index in [0.717, 1.165) is 19.6 Å². The van der Waals surface area contributed by atoms with E-state index in [1.54, 1.807) is 0 Å². The van der Waals surface area contributed by atoms with Crippen molar-refractivity contribution in [2.24, 2.45) is 0 Å². The van der Waals surface area contributed by atoms with E-state index in [9.17, 15) is 0 Å². The number of likely N-dealkylation sites (tertiary alicyclic amines) is 1. The first-order valence-corrected chi connectivity index (χ1v) is 8.58. The van der Waals surface area contributed by atoms with E-state index in [2.05, 4.69) is 34.1 Å². The molecule has 1 aromatic rings. The summed E-state index contributed by atoms with van der Waals surface area (Å²) in [5.74, 6) is 1.26. The average molecular weight is 315 g/mol. The zero-order chi connectivity index (χ0) is 14.2. The van der Waals surface area contributed by atoms with Gasteiger partial charge in [-0.05, 0) is 43.6 Å². The average Bonchev–Trinajstić information content (AvgIpc) is 2.49. The number of hydrogen-bond donors (Lipinski definition) is 0. The van der Waals surface area contributed by atoms with Gasteiger partial charge in [-0.25, -0.2) is 0 Å². The van der Waals surface area contributed by atoms with Gasteiger partial charge < -0.3 is 4.90 Å². The quantitative estimate of drug-likeness (QED) is 0.703. The van der Waals surface area contributed by atoms with Gasteiger partial charge in [0.2, 0.25) is 0 Å². The monoisotopic (exact) mass is 314 g/mol. The molecule has 112 valence electrons. The molecule has 1 aliphatic heterocycles. The normalized spacial score (nSPS) is 16.3. The Morgan fingerprint density at radius 2 is 1.50 bits per heavy atom. The number of benzene rings is 1. The van der Waals surface area contributed by atoms with Crippen molar-refractivity contribution in [3.05, 3.63) is 29.8 Å². The number of alkyl halides is 2. The maximum Gasteiger partial charge on any atom is 0.0399 e. The van der Waals surface area contributed by atoms with Crippen molar-refractivity contribution >= 4 is 28.9 Å². The summed E-state index contributed by atoms with van der Waals surface area (Å²) < 4.78 is 0. The van der Waals surface area contributed by atoms with Gasteiger partial charge in [-0.1, -0.05) is 18.6 Å². The molecule has 4 heteroatoms. The van der Waals surface area contributed by atoms with Crippen molar-refractivity contribution in [1.29, 1.82) is 0 Å². The van der Waals surface area contributed by atoms with Crippen molar-refractivity contribution in [3.8, 4) is 0 Å². The first-order valence-electron chi connectivity index (χ1n) is 7.51. The number of anilines is 1. The molecule has 0 saturated carbocycles. The first kappa shape index (κ1) is 15.9. The van der Waals surface area contributed by atoms with Crippen molar-refractivity contribution in [1.82, 2.24) is 4.90 Å². The fraction of sp³-hybridized carbons (Fsp3) is 0.625. The van der Waals surface area contributed by atoms with E-state index in [1.807, 2.05) is 0 Å². The second-order valence-corrected chi connectivity index (χ2v) is 6.12. The van der Waals surface area contributed by atoms with Crippen molar-refractivity contribution in [3.63, 3.8) is 0 Å². The third-order valence-corrected chi connectivity index (χ3v) is 4.20. The number of rotatable bonds is 7. The molecule has 1 saturated heterocycles. The highest BCUT2D eigenvalue weighted by atomic mass is 35.5. The maximum absolute atomic E-state index is 5.85. The van der Waals surface area contributed by atoms with Crippen LogP contribution in [0.3, 0.4) is 0 Å². The lowest BCUT2D eigenvalue weighted by Crippen LogP contribution is -2.29. The molecular weight excluding hydrogens is 291 g/mol. The topological polar surface area (TPSA) is 6.48 Å². The van der Waals surface area contributed by atoms with E-state index in [4.69, 9.17) is 23.2 Å². The van der Waals surface area contributed by atoms with Crippen molar-refractivity contribution < 1.29 is 0 Å². The van der Waals surface area contributed by atoms with Crippen LogP contribution >= 0.6 is 23.2 Å². The molecule has 20 heavy (non-hydrogen) atoms. The largest absolute Gasteiger partial charge is 0.369 e. The van der Waals surface area contributed by atoms with Crippen LogP contribution < -0.4 is 4.90 Å². The Bertz CT molecular complexity index is 369. The van der Waals surface area contributed by atoms with Gasteiger partial charge >= 0.3 is 0 Å². The molecule has 0 spiro atoms. The number of hydrogen-bond acceptors (Lipinski definition) is 2. The van der Waals surface area contributed by atoms with Crippen LogP contribution in [0.5, 0.6) is 0 Å². The van der Waals surface area contributed by atoms with Gasteiger partial charge in [0.1, 0.15) is 0 Å². The third kappa shape index (κ3) is 4.83.